The zero-order valence-electron chi connectivity index (χ0n) is 19.2. The van der Waals surface area contributed by atoms with Crippen molar-refractivity contribution in [1.82, 2.24) is 9.97 Å². The lowest BCUT2D eigenvalue weighted by molar-refractivity contribution is 0.416. The molecule has 5 rings (SSSR count). The maximum Gasteiger partial charge on any atom is 0.294 e. The van der Waals surface area contributed by atoms with Gasteiger partial charge < -0.3 is 14.8 Å². The smallest absolute Gasteiger partial charge is 0.294 e. The number of nitrogens with zero attached hydrogens (tertiary/aromatic N) is 1. The van der Waals surface area contributed by atoms with Gasteiger partial charge in [-0.2, -0.15) is 8.42 Å². The van der Waals surface area contributed by atoms with Gasteiger partial charge in [-0.3, -0.25) is 4.55 Å². The molecule has 7 nitrogen and oxygen atoms in total. The second-order valence-electron chi connectivity index (χ2n) is 8.28. The molecule has 4 aromatic carbocycles. The van der Waals surface area contributed by atoms with Gasteiger partial charge in [0.25, 0.3) is 10.1 Å². The fourth-order valence-corrected chi connectivity index (χ4v) is 4.68. The monoisotopic (exact) mass is 510 g/mol. The van der Waals surface area contributed by atoms with Crippen molar-refractivity contribution < 1.29 is 22.8 Å². The lowest BCUT2D eigenvalue weighted by Gasteiger charge is -2.10. The molecule has 0 aliphatic rings. The van der Waals surface area contributed by atoms with Gasteiger partial charge in [0, 0.05) is 6.07 Å². The zero-order valence-corrected chi connectivity index (χ0v) is 20.8. The molecule has 180 valence electrons. The minimum absolute atomic E-state index is 0. The van der Waals surface area contributed by atoms with Gasteiger partial charge in [0.05, 0.1) is 28.5 Å². The fraction of sp³-hybridized carbons (Fsp3) is 0.115. The summed E-state index contributed by atoms with van der Waals surface area (Å²) >= 11 is 0. The molecule has 1 aromatic heterocycles. The molecule has 5 aromatic rings. The Kier molecular flexibility index (Phi) is 6.23. The number of halogens is 1. The molecule has 0 saturated carbocycles. The lowest BCUT2D eigenvalue weighted by atomic mass is 9.99. The number of phenolic OH excluding ortho intramolecular Hbond substituents is 1. The number of aromatic nitrogens is 2. The predicted octanol–water partition coefficient (Wildman–Crippen LogP) is 6.05. The SMILES string of the molecule is COc1cc(-c2ccc(C)c(C)c2)ccc1-c1nc2c(ccc3cc(S(=O)(=O)O)cc(O)c32)[nH]1.Cl. The molecular formula is C26H23ClN2O5S. The van der Waals surface area contributed by atoms with Crippen LogP contribution in [0.3, 0.4) is 0 Å². The van der Waals surface area contributed by atoms with Crippen LogP contribution < -0.4 is 4.74 Å². The third-order valence-electron chi connectivity index (χ3n) is 6.11. The quantitative estimate of drug-likeness (QED) is 0.254. The second kappa shape index (κ2) is 8.88. The number of phenols is 1. The van der Waals surface area contributed by atoms with Gasteiger partial charge in [-0.25, -0.2) is 4.98 Å². The van der Waals surface area contributed by atoms with Crippen molar-refractivity contribution in [3.05, 3.63) is 71.8 Å². The maximum absolute atomic E-state index is 11.5. The molecule has 9 heteroatoms. The van der Waals surface area contributed by atoms with E-state index in [9.17, 15) is 18.1 Å². The van der Waals surface area contributed by atoms with Crippen LogP contribution in [0, 0.1) is 13.8 Å². The number of nitrogens with one attached hydrogen (secondary N) is 1. The third-order valence-corrected chi connectivity index (χ3v) is 6.95. The Morgan fingerprint density at radius 2 is 1.63 bits per heavy atom. The van der Waals surface area contributed by atoms with Crippen molar-refractivity contribution in [2.75, 3.05) is 7.11 Å². The molecule has 0 spiro atoms. The molecule has 1 heterocycles. The first kappa shape index (κ1) is 24.5. The molecule has 0 aliphatic heterocycles. The van der Waals surface area contributed by atoms with Crippen molar-refractivity contribution in [3.63, 3.8) is 0 Å². The zero-order chi connectivity index (χ0) is 24.2. The first-order valence-corrected chi connectivity index (χ1v) is 12.0. The molecule has 0 unspecified atom stereocenters. The first-order chi connectivity index (χ1) is 16.2. The normalized spacial score (nSPS) is 11.5. The number of fused-ring (bicyclic) bond motifs is 3. The summed E-state index contributed by atoms with van der Waals surface area (Å²) in [6.45, 7) is 4.16. The number of hydrogen-bond acceptors (Lipinski definition) is 5. The summed E-state index contributed by atoms with van der Waals surface area (Å²) in [6.07, 6.45) is 0. The number of benzene rings is 4. The highest BCUT2D eigenvalue weighted by molar-refractivity contribution is 7.85. The van der Waals surface area contributed by atoms with Gasteiger partial charge >= 0.3 is 0 Å². The Morgan fingerprint density at radius 3 is 2.31 bits per heavy atom. The molecule has 0 atom stereocenters. The van der Waals surface area contributed by atoms with E-state index in [1.165, 1.54) is 17.2 Å². The van der Waals surface area contributed by atoms with E-state index >= 15 is 0 Å². The van der Waals surface area contributed by atoms with E-state index in [0.29, 0.717) is 33.4 Å². The summed E-state index contributed by atoms with van der Waals surface area (Å²) in [5, 5.41) is 11.4. The third kappa shape index (κ3) is 4.32. The van der Waals surface area contributed by atoms with Gasteiger partial charge in [-0.1, -0.05) is 30.3 Å². The topological polar surface area (TPSA) is 113 Å². The molecule has 0 amide bonds. The van der Waals surface area contributed by atoms with Gasteiger partial charge in [-0.05, 0) is 65.8 Å². The Bertz CT molecular complexity index is 1710. The minimum atomic E-state index is -4.45. The van der Waals surface area contributed by atoms with E-state index in [0.717, 1.165) is 22.8 Å². The van der Waals surface area contributed by atoms with E-state index < -0.39 is 10.1 Å². The number of aryl methyl sites for hydroxylation is 2. The maximum atomic E-state index is 11.5. The second-order valence-corrected chi connectivity index (χ2v) is 9.70. The number of aromatic amines is 1. The molecule has 0 aliphatic carbocycles. The van der Waals surface area contributed by atoms with Gasteiger partial charge in [0.15, 0.2) is 0 Å². The Morgan fingerprint density at radius 1 is 0.914 bits per heavy atom. The summed E-state index contributed by atoms with van der Waals surface area (Å²) in [4.78, 5) is 7.57. The van der Waals surface area contributed by atoms with E-state index in [4.69, 9.17) is 9.72 Å². The summed E-state index contributed by atoms with van der Waals surface area (Å²) in [6, 6.07) is 17.9. The number of ether oxygens (including phenoxy) is 1. The lowest BCUT2D eigenvalue weighted by Crippen LogP contribution is -1.97. The van der Waals surface area contributed by atoms with Crippen LogP contribution in [0.5, 0.6) is 11.5 Å². The number of methoxy groups -OCH3 is 1. The minimum Gasteiger partial charge on any atom is -0.507 e. The van der Waals surface area contributed by atoms with Crippen molar-refractivity contribution >= 4 is 44.3 Å². The Labute approximate surface area is 208 Å². The molecule has 0 saturated heterocycles. The molecule has 35 heavy (non-hydrogen) atoms. The summed E-state index contributed by atoms with van der Waals surface area (Å²) in [5.41, 5.74) is 6.43. The van der Waals surface area contributed by atoms with Crippen LogP contribution in [-0.2, 0) is 10.1 Å². The number of hydrogen-bond donors (Lipinski definition) is 3. The number of H-pyrrole nitrogens is 1. The predicted molar refractivity (Wildman–Crippen MR) is 139 cm³/mol. The van der Waals surface area contributed by atoms with E-state index in [2.05, 4.69) is 37.0 Å². The summed E-state index contributed by atoms with van der Waals surface area (Å²) in [5.74, 6) is 0.895. The number of rotatable bonds is 4. The van der Waals surface area contributed by atoms with Crippen molar-refractivity contribution in [3.8, 4) is 34.0 Å². The fourth-order valence-electron chi connectivity index (χ4n) is 4.15. The molecule has 0 fully saturated rings. The molecule has 3 N–H and O–H groups in total. The number of imidazole rings is 1. The highest BCUT2D eigenvalue weighted by Gasteiger charge is 2.18. The van der Waals surface area contributed by atoms with Crippen LogP contribution in [0.1, 0.15) is 11.1 Å². The molecule has 0 radical (unpaired) electrons. The molecular weight excluding hydrogens is 488 g/mol. The van der Waals surface area contributed by atoms with Crippen molar-refractivity contribution in [1.29, 1.82) is 0 Å². The van der Waals surface area contributed by atoms with E-state index in [1.54, 1.807) is 19.2 Å². The Hall–Kier alpha value is -3.59. The van der Waals surface area contributed by atoms with Gasteiger partial charge in [-0.15, -0.1) is 12.4 Å². The average molecular weight is 511 g/mol. The van der Waals surface area contributed by atoms with E-state index in [-0.39, 0.29) is 23.1 Å². The standard InChI is InChI=1S/C26H22N2O5S.ClH/c1-14-4-5-16(10-15(14)2)17-6-8-20(23(12-17)33-3)26-27-21-9-7-18-11-19(34(30,31)32)13-22(29)24(18)25(21)28-26;/h4-13,29H,1-3H3,(H,27,28)(H,30,31,32);1H. The first-order valence-electron chi connectivity index (χ1n) is 10.5. The van der Waals surface area contributed by atoms with Crippen molar-refractivity contribution in [2.45, 2.75) is 18.7 Å². The van der Waals surface area contributed by atoms with E-state index in [1.807, 2.05) is 18.2 Å². The van der Waals surface area contributed by atoms with Crippen LogP contribution in [0.15, 0.2) is 65.6 Å². The number of aromatic hydroxyl groups is 1. The van der Waals surface area contributed by atoms with Crippen LogP contribution in [0.25, 0.3) is 44.3 Å². The highest BCUT2D eigenvalue weighted by Crippen LogP contribution is 2.38. The average Bonchev–Trinajstić information content (AvgIpc) is 3.23. The molecule has 0 bridgehead atoms. The van der Waals surface area contributed by atoms with Crippen LogP contribution in [-0.4, -0.2) is 35.2 Å². The van der Waals surface area contributed by atoms with Gasteiger partial charge in [0.2, 0.25) is 0 Å². The van der Waals surface area contributed by atoms with Crippen LogP contribution >= 0.6 is 12.4 Å². The van der Waals surface area contributed by atoms with Crippen LogP contribution in [0.2, 0.25) is 0 Å². The van der Waals surface area contributed by atoms with Gasteiger partial charge in [0.1, 0.15) is 22.8 Å². The van der Waals surface area contributed by atoms with Crippen molar-refractivity contribution in [2.24, 2.45) is 0 Å². The largest absolute Gasteiger partial charge is 0.507 e. The Balaban J connectivity index is 0.00000289. The van der Waals surface area contributed by atoms with Crippen LogP contribution in [0.4, 0.5) is 0 Å². The summed E-state index contributed by atoms with van der Waals surface area (Å²) < 4.78 is 38.1. The highest BCUT2D eigenvalue weighted by atomic mass is 35.5. The summed E-state index contributed by atoms with van der Waals surface area (Å²) in [7, 11) is -2.85.